The van der Waals surface area contributed by atoms with Crippen LogP contribution >= 0.6 is 11.6 Å². The summed E-state index contributed by atoms with van der Waals surface area (Å²) >= 11 is 5.83. The number of halogens is 1. The first-order valence-electron chi connectivity index (χ1n) is 4.49. The van der Waals surface area contributed by atoms with Crippen molar-refractivity contribution in [2.24, 2.45) is 0 Å². The van der Waals surface area contributed by atoms with Crippen molar-refractivity contribution >= 4 is 20.4 Å². The molecule has 14 heavy (non-hydrogen) atoms. The Morgan fingerprint density at radius 2 is 2.07 bits per heavy atom. The molecule has 0 amide bonds. The van der Waals surface area contributed by atoms with Crippen LogP contribution in [-0.4, -0.2) is 8.80 Å². The molecular weight excluding hydrogens is 212 g/mol. The van der Waals surface area contributed by atoms with Gasteiger partial charge in [-0.15, -0.1) is 0 Å². The minimum Gasteiger partial charge on any atom is -0.465 e. The maximum absolute atomic E-state index is 5.83. The van der Waals surface area contributed by atoms with Gasteiger partial charge >= 0.3 is 0 Å². The second kappa shape index (κ2) is 5.22. The zero-order valence-corrected chi connectivity index (χ0v) is 10.4. The van der Waals surface area contributed by atoms with E-state index in [2.05, 4.69) is 18.8 Å². The molecule has 1 aromatic rings. The largest absolute Gasteiger partial charge is 0.465 e. The molecule has 1 nitrogen and oxygen atoms in total. The van der Waals surface area contributed by atoms with E-state index >= 15 is 0 Å². The fourth-order valence-electron chi connectivity index (χ4n) is 0.988. The zero-order chi connectivity index (χ0) is 10.6. The molecule has 0 aromatic heterocycles. The summed E-state index contributed by atoms with van der Waals surface area (Å²) in [6.07, 6.45) is 1.77. The molecule has 0 N–H and O–H groups in total. The first-order valence-corrected chi connectivity index (χ1v) is 7.44. The van der Waals surface area contributed by atoms with Gasteiger partial charge in [0.25, 0.3) is 0 Å². The second-order valence-electron chi connectivity index (χ2n) is 3.41. The van der Waals surface area contributed by atoms with Crippen molar-refractivity contribution in [1.29, 1.82) is 0 Å². The van der Waals surface area contributed by atoms with Crippen LogP contribution in [0.2, 0.25) is 18.1 Å². The minimum absolute atomic E-state index is 0.357. The highest BCUT2D eigenvalue weighted by Crippen LogP contribution is 2.21. The molecular formula is C11H14ClOSi. The summed E-state index contributed by atoms with van der Waals surface area (Å²) in [7, 11) is -0.357. The fourth-order valence-corrected chi connectivity index (χ4v) is 1.56. The van der Waals surface area contributed by atoms with Crippen LogP contribution in [0.25, 0.3) is 0 Å². The Balaban J connectivity index is 2.68. The standard InChI is InChI=1S/C11H14ClOSi/c1-9-8-10(12)4-5-11(9)13-6-7-14(2)3/h4-8H,1-3H3. The van der Waals surface area contributed by atoms with Gasteiger partial charge in [-0.05, 0) is 30.7 Å². The molecule has 0 spiro atoms. The molecule has 1 radical (unpaired) electrons. The number of benzene rings is 1. The van der Waals surface area contributed by atoms with E-state index in [4.69, 9.17) is 16.3 Å². The van der Waals surface area contributed by atoms with E-state index in [1.54, 1.807) is 6.26 Å². The van der Waals surface area contributed by atoms with Crippen LogP contribution in [0.3, 0.4) is 0 Å². The van der Waals surface area contributed by atoms with E-state index in [-0.39, 0.29) is 8.80 Å². The maximum Gasteiger partial charge on any atom is 0.129 e. The van der Waals surface area contributed by atoms with Crippen molar-refractivity contribution in [3.63, 3.8) is 0 Å². The van der Waals surface area contributed by atoms with Crippen molar-refractivity contribution in [1.82, 2.24) is 0 Å². The van der Waals surface area contributed by atoms with Crippen molar-refractivity contribution in [3.05, 3.63) is 40.7 Å². The van der Waals surface area contributed by atoms with Gasteiger partial charge in [0.15, 0.2) is 0 Å². The molecule has 1 rings (SSSR count). The molecule has 0 fully saturated rings. The third-order valence-corrected chi connectivity index (χ3v) is 2.77. The SMILES string of the molecule is Cc1cc(Cl)ccc1OC=C[Si](C)C. The van der Waals surface area contributed by atoms with E-state index in [0.717, 1.165) is 16.3 Å². The summed E-state index contributed by atoms with van der Waals surface area (Å²) < 4.78 is 5.49. The second-order valence-corrected chi connectivity index (χ2v) is 6.33. The monoisotopic (exact) mass is 225 g/mol. The van der Waals surface area contributed by atoms with E-state index < -0.39 is 0 Å². The first kappa shape index (κ1) is 11.3. The van der Waals surface area contributed by atoms with E-state index in [0.29, 0.717) is 0 Å². The highest BCUT2D eigenvalue weighted by Gasteiger charge is 1.98. The van der Waals surface area contributed by atoms with Gasteiger partial charge in [0.05, 0.1) is 15.1 Å². The number of aryl methyl sites for hydroxylation is 1. The molecule has 0 aliphatic rings. The quantitative estimate of drug-likeness (QED) is 0.561. The number of ether oxygens (including phenoxy) is 1. The van der Waals surface area contributed by atoms with Crippen LogP contribution in [0.15, 0.2) is 30.2 Å². The summed E-state index contributed by atoms with van der Waals surface area (Å²) in [5.74, 6) is 0.869. The lowest BCUT2D eigenvalue weighted by Crippen LogP contribution is -1.95. The summed E-state index contributed by atoms with van der Waals surface area (Å²) in [6, 6.07) is 5.62. The van der Waals surface area contributed by atoms with Crippen LogP contribution in [0.5, 0.6) is 5.75 Å². The Morgan fingerprint density at radius 3 is 2.64 bits per heavy atom. The summed E-state index contributed by atoms with van der Waals surface area (Å²) in [4.78, 5) is 0. The fraction of sp³-hybridized carbons (Fsp3) is 0.273. The topological polar surface area (TPSA) is 9.23 Å². The van der Waals surface area contributed by atoms with E-state index in [1.165, 1.54) is 0 Å². The maximum atomic E-state index is 5.83. The van der Waals surface area contributed by atoms with E-state index in [9.17, 15) is 0 Å². The van der Waals surface area contributed by atoms with Crippen molar-refractivity contribution < 1.29 is 4.74 Å². The lowest BCUT2D eigenvalue weighted by Gasteiger charge is -2.04. The van der Waals surface area contributed by atoms with E-state index in [1.807, 2.05) is 25.1 Å². The van der Waals surface area contributed by atoms with Crippen molar-refractivity contribution in [2.45, 2.75) is 20.0 Å². The molecule has 0 aliphatic carbocycles. The predicted molar refractivity (Wildman–Crippen MR) is 63.4 cm³/mol. The third-order valence-electron chi connectivity index (χ3n) is 1.73. The Kier molecular flexibility index (Phi) is 4.23. The molecule has 3 heteroatoms. The Labute approximate surface area is 92.0 Å². The molecule has 0 atom stereocenters. The molecule has 1 aromatic carbocycles. The minimum atomic E-state index is -0.357. The third kappa shape index (κ3) is 3.56. The summed E-state index contributed by atoms with van der Waals surface area (Å²) in [5, 5.41) is 0.745. The average molecular weight is 226 g/mol. The van der Waals surface area contributed by atoms with Gasteiger partial charge in [-0.25, -0.2) is 0 Å². The first-order chi connectivity index (χ1) is 6.59. The lowest BCUT2D eigenvalue weighted by atomic mass is 10.2. The predicted octanol–water partition coefficient (Wildman–Crippen LogP) is 3.83. The highest BCUT2D eigenvalue weighted by molar-refractivity contribution is 6.61. The zero-order valence-electron chi connectivity index (χ0n) is 8.67. The number of rotatable bonds is 3. The Morgan fingerprint density at radius 1 is 1.36 bits per heavy atom. The average Bonchev–Trinajstić information content (AvgIpc) is 2.08. The van der Waals surface area contributed by atoms with Gasteiger partial charge in [0.2, 0.25) is 0 Å². The molecule has 75 valence electrons. The van der Waals surface area contributed by atoms with Crippen LogP contribution in [0.4, 0.5) is 0 Å². The molecule has 0 bridgehead atoms. The van der Waals surface area contributed by atoms with Gasteiger partial charge in [-0.1, -0.05) is 30.4 Å². The smallest absolute Gasteiger partial charge is 0.129 e. The van der Waals surface area contributed by atoms with Crippen molar-refractivity contribution in [3.8, 4) is 5.75 Å². The van der Waals surface area contributed by atoms with Gasteiger partial charge < -0.3 is 4.74 Å². The van der Waals surface area contributed by atoms with Gasteiger partial charge in [0, 0.05) is 5.02 Å². The van der Waals surface area contributed by atoms with Crippen LogP contribution < -0.4 is 4.74 Å². The van der Waals surface area contributed by atoms with Crippen LogP contribution in [0, 0.1) is 6.92 Å². The van der Waals surface area contributed by atoms with Gasteiger partial charge in [-0.2, -0.15) is 0 Å². The van der Waals surface area contributed by atoms with Gasteiger partial charge in [0.1, 0.15) is 5.75 Å². The summed E-state index contributed by atoms with van der Waals surface area (Å²) in [5.41, 5.74) is 3.17. The normalized spacial score (nSPS) is 11.2. The molecule has 0 aliphatic heterocycles. The molecule has 0 saturated carbocycles. The van der Waals surface area contributed by atoms with Crippen LogP contribution in [-0.2, 0) is 0 Å². The molecule has 0 heterocycles. The van der Waals surface area contributed by atoms with Crippen molar-refractivity contribution in [2.75, 3.05) is 0 Å². The molecule has 0 saturated heterocycles. The number of hydrogen-bond donors (Lipinski definition) is 0. The Bertz CT molecular complexity index is 334. The summed E-state index contributed by atoms with van der Waals surface area (Å²) in [6.45, 7) is 6.40. The lowest BCUT2D eigenvalue weighted by molar-refractivity contribution is 0.478. The highest BCUT2D eigenvalue weighted by atomic mass is 35.5. The van der Waals surface area contributed by atoms with Crippen LogP contribution in [0.1, 0.15) is 5.56 Å². The Hall–Kier alpha value is -0.733. The van der Waals surface area contributed by atoms with Gasteiger partial charge in [-0.3, -0.25) is 0 Å². The number of hydrogen-bond acceptors (Lipinski definition) is 1. The molecule has 0 unspecified atom stereocenters.